The smallest absolute Gasteiger partial charge is 0.230 e. The van der Waals surface area contributed by atoms with Gasteiger partial charge in [-0.3, -0.25) is 9.78 Å². The molecule has 6 nitrogen and oxygen atoms in total. The number of rotatable bonds is 10. The zero-order valence-corrected chi connectivity index (χ0v) is 17.0. The molecular formula is C22H23N3O3S. The second kappa shape index (κ2) is 11.1. The molecule has 3 aromatic rings. The van der Waals surface area contributed by atoms with Crippen molar-refractivity contribution in [1.82, 2.24) is 15.3 Å². The molecular weight excluding hydrogens is 386 g/mol. The fourth-order valence-electron chi connectivity index (χ4n) is 2.50. The number of thioether (sulfide) groups is 1. The molecule has 1 aromatic carbocycles. The van der Waals surface area contributed by atoms with Gasteiger partial charge in [0, 0.05) is 37.0 Å². The molecule has 0 fully saturated rings. The molecule has 0 aliphatic heterocycles. The van der Waals surface area contributed by atoms with Crippen LogP contribution in [0.15, 0.2) is 67.1 Å². The lowest BCUT2D eigenvalue weighted by atomic mass is 10.2. The van der Waals surface area contributed by atoms with Gasteiger partial charge in [-0.2, -0.15) is 0 Å². The highest BCUT2D eigenvalue weighted by atomic mass is 32.2. The average Bonchev–Trinajstić information content (AvgIpc) is 2.75. The van der Waals surface area contributed by atoms with Crippen LogP contribution in [0.2, 0.25) is 0 Å². The van der Waals surface area contributed by atoms with Gasteiger partial charge in [-0.1, -0.05) is 6.07 Å². The van der Waals surface area contributed by atoms with E-state index in [1.54, 1.807) is 24.2 Å². The Morgan fingerprint density at radius 2 is 1.90 bits per heavy atom. The van der Waals surface area contributed by atoms with E-state index >= 15 is 0 Å². The van der Waals surface area contributed by atoms with Crippen molar-refractivity contribution in [2.45, 2.75) is 19.2 Å². The molecule has 0 aliphatic carbocycles. The molecule has 2 heterocycles. The van der Waals surface area contributed by atoms with Crippen molar-refractivity contribution >= 4 is 17.7 Å². The van der Waals surface area contributed by atoms with Crippen molar-refractivity contribution < 1.29 is 14.3 Å². The Hall–Kier alpha value is -3.06. The van der Waals surface area contributed by atoms with Crippen molar-refractivity contribution in [2.24, 2.45) is 0 Å². The van der Waals surface area contributed by atoms with E-state index in [2.05, 4.69) is 15.3 Å². The molecule has 29 heavy (non-hydrogen) atoms. The highest BCUT2D eigenvalue weighted by Crippen LogP contribution is 2.23. The van der Waals surface area contributed by atoms with Gasteiger partial charge in [-0.15, -0.1) is 11.8 Å². The highest BCUT2D eigenvalue weighted by molar-refractivity contribution is 7.99. The fourth-order valence-corrected chi connectivity index (χ4v) is 3.30. The van der Waals surface area contributed by atoms with E-state index in [4.69, 9.17) is 9.47 Å². The first-order chi connectivity index (χ1) is 14.2. The lowest BCUT2D eigenvalue weighted by molar-refractivity contribution is -0.118. The summed E-state index contributed by atoms with van der Waals surface area (Å²) in [6.07, 6.45) is 5.22. The number of pyridine rings is 2. The summed E-state index contributed by atoms with van der Waals surface area (Å²) in [5.41, 5.74) is 2.03. The highest BCUT2D eigenvalue weighted by Gasteiger charge is 2.05. The Bertz CT molecular complexity index is 905. The summed E-state index contributed by atoms with van der Waals surface area (Å²) in [5, 5.41) is 2.92. The van der Waals surface area contributed by atoms with Crippen LogP contribution in [0.4, 0.5) is 0 Å². The number of amides is 1. The van der Waals surface area contributed by atoms with E-state index < -0.39 is 0 Å². The number of hydrogen-bond acceptors (Lipinski definition) is 6. The number of benzene rings is 1. The minimum Gasteiger partial charge on any atom is -0.494 e. The SMILES string of the molecule is CCOc1ccc(Oc2cc(CNC(=O)CSCc3cccnc3)ccn2)cc1. The van der Waals surface area contributed by atoms with Crippen LogP contribution in [0.5, 0.6) is 17.4 Å². The van der Waals surface area contributed by atoms with Gasteiger partial charge >= 0.3 is 0 Å². The van der Waals surface area contributed by atoms with Crippen LogP contribution >= 0.6 is 11.8 Å². The number of hydrogen-bond donors (Lipinski definition) is 1. The van der Waals surface area contributed by atoms with Crippen molar-refractivity contribution in [1.29, 1.82) is 0 Å². The van der Waals surface area contributed by atoms with Crippen LogP contribution in [0.1, 0.15) is 18.1 Å². The third-order valence-electron chi connectivity index (χ3n) is 3.87. The maximum absolute atomic E-state index is 12.1. The van der Waals surface area contributed by atoms with E-state index in [1.807, 2.05) is 61.7 Å². The van der Waals surface area contributed by atoms with Gasteiger partial charge in [-0.25, -0.2) is 4.98 Å². The van der Waals surface area contributed by atoms with Crippen LogP contribution in [-0.2, 0) is 17.1 Å². The number of ether oxygens (including phenoxy) is 2. The summed E-state index contributed by atoms with van der Waals surface area (Å²) >= 11 is 1.56. The van der Waals surface area contributed by atoms with Crippen LogP contribution in [0.25, 0.3) is 0 Å². The molecule has 0 aliphatic rings. The molecule has 0 bridgehead atoms. The molecule has 3 rings (SSSR count). The molecule has 7 heteroatoms. The molecule has 0 radical (unpaired) electrons. The number of carbonyl (C=O) groups excluding carboxylic acids is 1. The van der Waals surface area contributed by atoms with E-state index in [-0.39, 0.29) is 5.91 Å². The molecule has 0 spiro atoms. The Balaban J connectivity index is 1.44. The normalized spacial score (nSPS) is 10.4. The van der Waals surface area contributed by atoms with E-state index in [0.29, 0.717) is 30.5 Å². The monoisotopic (exact) mass is 409 g/mol. The number of nitrogens with zero attached hydrogens (tertiary/aromatic N) is 2. The minimum absolute atomic E-state index is 0.00955. The largest absolute Gasteiger partial charge is 0.494 e. The van der Waals surface area contributed by atoms with Crippen LogP contribution in [-0.4, -0.2) is 28.2 Å². The van der Waals surface area contributed by atoms with Gasteiger partial charge in [0.1, 0.15) is 11.5 Å². The maximum Gasteiger partial charge on any atom is 0.230 e. The minimum atomic E-state index is -0.00955. The second-order valence-electron chi connectivity index (χ2n) is 6.14. The zero-order valence-electron chi connectivity index (χ0n) is 16.2. The first kappa shape index (κ1) is 20.7. The van der Waals surface area contributed by atoms with Gasteiger partial charge < -0.3 is 14.8 Å². The van der Waals surface area contributed by atoms with Gasteiger partial charge in [0.2, 0.25) is 11.8 Å². The van der Waals surface area contributed by atoms with Crippen LogP contribution < -0.4 is 14.8 Å². The summed E-state index contributed by atoms with van der Waals surface area (Å²) in [4.78, 5) is 20.4. The van der Waals surface area contributed by atoms with Crippen molar-refractivity contribution in [3.63, 3.8) is 0 Å². The summed E-state index contributed by atoms with van der Waals surface area (Å²) in [6, 6.07) is 14.9. The second-order valence-corrected chi connectivity index (χ2v) is 7.13. The van der Waals surface area contributed by atoms with E-state index in [0.717, 1.165) is 22.6 Å². The Labute approximate surface area is 174 Å². The van der Waals surface area contributed by atoms with Crippen LogP contribution in [0, 0.1) is 0 Å². The number of aromatic nitrogens is 2. The van der Waals surface area contributed by atoms with Gasteiger partial charge in [0.25, 0.3) is 0 Å². The summed E-state index contributed by atoms with van der Waals surface area (Å²) in [6.45, 7) is 2.99. The first-order valence-electron chi connectivity index (χ1n) is 9.32. The molecule has 0 atom stereocenters. The molecule has 0 saturated carbocycles. The van der Waals surface area contributed by atoms with Gasteiger partial charge in [0.15, 0.2) is 0 Å². The standard InChI is InChI=1S/C22H23N3O3S/c1-2-27-19-5-7-20(8-6-19)28-22-12-17(9-11-24-22)14-25-21(26)16-29-15-18-4-3-10-23-13-18/h3-13H,2,14-16H2,1H3,(H,25,26). The number of carbonyl (C=O) groups is 1. The summed E-state index contributed by atoms with van der Waals surface area (Å²) in [7, 11) is 0. The average molecular weight is 410 g/mol. The molecule has 1 N–H and O–H groups in total. The predicted molar refractivity (Wildman–Crippen MR) is 114 cm³/mol. The van der Waals surface area contributed by atoms with Gasteiger partial charge in [-0.05, 0) is 54.4 Å². The maximum atomic E-state index is 12.1. The first-order valence-corrected chi connectivity index (χ1v) is 10.5. The Morgan fingerprint density at radius 1 is 1.07 bits per heavy atom. The van der Waals surface area contributed by atoms with E-state index in [9.17, 15) is 4.79 Å². The molecule has 2 aromatic heterocycles. The molecule has 0 saturated heterocycles. The summed E-state index contributed by atoms with van der Waals surface area (Å²) in [5.74, 6) is 3.10. The topological polar surface area (TPSA) is 73.3 Å². The lowest BCUT2D eigenvalue weighted by Gasteiger charge is -2.09. The molecule has 0 unspecified atom stereocenters. The molecule has 150 valence electrons. The fraction of sp³-hybridized carbons (Fsp3) is 0.227. The molecule has 1 amide bonds. The Kier molecular flexibility index (Phi) is 7.89. The predicted octanol–water partition coefficient (Wildman–Crippen LogP) is 4.22. The van der Waals surface area contributed by atoms with E-state index in [1.165, 1.54) is 0 Å². The third-order valence-corrected chi connectivity index (χ3v) is 4.87. The number of nitrogens with one attached hydrogen (secondary N) is 1. The van der Waals surface area contributed by atoms with Crippen molar-refractivity contribution in [3.8, 4) is 17.4 Å². The van der Waals surface area contributed by atoms with Gasteiger partial charge in [0.05, 0.1) is 12.4 Å². The van der Waals surface area contributed by atoms with Crippen molar-refractivity contribution in [2.75, 3.05) is 12.4 Å². The lowest BCUT2D eigenvalue weighted by Crippen LogP contribution is -2.24. The summed E-state index contributed by atoms with van der Waals surface area (Å²) < 4.78 is 11.2. The Morgan fingerprint density at radius 3 is 2.66 bits per heavy atom. The third kappa shape index (κ3) is 7.12. The van der Waals surface area contributed by atoms with Crippen LogP contribution in [0.3, 0.4) is 0 Å². The quantitative estimate of drug-likeness (QED) is 0.541. The zero-order chi connectivity index (χ0) is 20.3. The van der Waals surface area contributed by atoms with Crippen molar-refractivity contribution in [3.05, 3.63) is 78.2 Å².